The average molecular weight is 448 g/mol. The van der Waals surface area contributed by atoms with E-state index >= 15 is 0 Å². The standard InChI is InChI=1S/C31H50BN/c1-12-14-16-25-17-18-27(22-25)32(11)28(23(3)21-24(4)30(5,6)7)29-26(15-13-2)19-20-33(29)31(8,9)10/h13,17-23,27-28H,2,12,14-16H2,1,3-11H3/b24-21+. The lowest BCUT2D eigenvalue weighted by atomic mass is 9.33. The van der Waals surface area contributed by atoms with Gasteiger partial charge in [-0.05, 0) is 81.6 Å². The predicted molar refractivity (Wildman–Crippen MR) is 151 cm³/mol. The Morgan fingerprint density at radius 3 is 2.42 bits per heavy atom. The average Bonchev–Trinajstić information content (AvgIpc) is 3.33. The molecule has 0 aliphatic heterocycles. The van der Waals surface area contributed by atoms with Crippen LogP contribution in [0.15, 0.2) is 60.4 Å². The number of hydrogen-bond donors (Lipinski definition) is 0. The summed E-state index contributed by atoms with van der Waals surface area (Å²) in [5.41, 5.74) is 6.18. The molecule has 0 fully saturated rings. The van der Waals surface area contributed by atoms with Gasteiger partial charge < -0.3 is 4.57 Å². The summed E-state index contributed by atoms with van der Waals surface area (Å²) in [6, 6.07) is 2.34. The highest BCUT2D eigenvalue weighted by Gasteiger charge is 2.37. The molecule has 1 heterocycles. The molecule has 3 atom stereocenters. The fraction of sp³-hybridized carbons (Fsp3) is 0.613. The highest BCUT2D eigenvalue weighted by molar-refractivity contribution is 6.62. The lowest BCUT2D eigenvalue weighted by Crippen LogP contribution is -2.34. The van der Waals surface area contributed by atoms with E-state index in [1.807, 2.05) is 0 Å². The van der Waals surface area contributed by atoms with E-state index in [9.17, 15) is 0 Å². The van der Waals surface area contributed by atoms with Crippen LogP contribution < -0.4 is 0 Å². The SMILES string of the molecule is C=CCc1ccn(C(C)(C)C)c1C(B(C)C1C=CC(CCCC)=C1)C(C)/C=C(\C)C(C)(C)C. The maximum absolute atomic E-state index is 4.07. The van der Waals surface area contributed by atoms with E-state index in [-0.39, 0.29) is 11.0 Å². The third-order valence-corrected chi connectivity index (χ3v) is 7.61. The molecule has 0 aromatic carbocycles. The van der Waals surface area contributed by atoms with E-state index in [1.165, 1.54) is 41.7 Å². The molecule has 1 nitrogen and oxygen atoms in total. The number of allylic oxidation sites excluding steroid dienone is 7. The topological polar surface area (TPSA) is 4.93 Å². The molecule has 0 spiro atoms. The van der Waals surface area contributed by atoms with Crippen molar-refractivity contribution in [2.75, 3.05) is 0 Å². The summed E-state index contributed by atoms with van der Waals surface area (Å²) in [6.45, 7) is 28.1. The van der Waals surface area contributed by atoms with Crippen molar-refractivity contribution in [1.82, 2.24) is 4.57 Å². The molecule has 0 N–H and O–H groups in total. The normalized spacial score (nSPS) is 18.9. The summed E-state index contributed by atoms with van der Waals surface area (Å²) in [5, 5.41) is 0. The van der Waals surface area contributed by atoms with Gasteiger partial charge in [0.15, 0.2) is 6.71 Å². The summed E-state index contributed by atoms with van der Waals surface area (Å²) < 4.78 is 2.55. The fourth-order valence-corrected chi connectivity index (χ4v) is 5.20. The third-order valence-electron chi connectivity index (χ3n) is 7.61. The first-order valence-electron chi connectivity index (χ1n) is 13.2. The van der Waals surface area contributed by atoms with Crippen LogP contribution in [0.25, 0.3) is 0 Å². The number of unbranched alkanes of at least 4 members (excludes halogenated alkanes) is 1. The molecule has 1 aliphatic carbocycles. The van der Waals surface area contributed by atoms with Crippen molar-refractivity contribution >= 4 is 6.71 Å². The molecular weight excluding hydrogens is 397 g/mol. The zero-order chi connectivity index (χ0) is 25.0. The second kappa shape index (κ2) is 11.2. The summed E-state index contributed by atoms with van der Waals surface area (Å²) in [4.78, 5) is 0. The van der Waals surface area contributed by atoms with Gasteiger partial charge in [-0.25, -0.2) is 0 Å². The van der Waals surface area contributed by atoms with Crippen molar-refractivity contribution in [3.05, 3.63) is 71.6 Å². The number of aromatic nitrogens is 1. The molecule has 0 saturated carbocycles. The molecule has 0 amide bonds. The van der Waals surface area contributed by atoms with Gasteiger partial charge >= 0.3 is 0 Å². The van der Waals surface area contributed by atoms with Crippen LogP contribution in [-0.4, -0.2) is 11.3 Å². The van der Waals surface area contributed by atoms with Crippen molar-refractivity contribution < 1.29 is 0 Å². The molecule has 3 unspecified atom stereocenters. The van der Waals surface area contributed by atoms with Crippen LogP contribution in [0.1, 0.15) is 98.7 Å². The molecule has 1 aromatic heterocycles. The van der Waals surface area contributed by atoms with Crippen LogP contribution in [0.3, 0.4) is 0 Å². The summed E-state index contributed by atoms with van der Waals surface area (Å²) >= 11 is 0. The molecule has 0 saturated heterocycles. The second-order valence-corrected chi connectivity index (χ2v) is 12.4. The molecule has 182 valence electrons. The first kappa shape index (κ1) is 27.5. The lowest BCUT2D eigenvalue weighted by Gasteiger charge is -2.36. The Hall–Kier alpha value is -1.70. The largest absolute Gasteiger partial charge is 0.346 e. The maximum Gasteiger partial charge on any atom is 0.159 e. The van der Waals surface area contributed by atoms with E-state index in [0.29, 0.717) is 24.3 Å². The minimum absolute atomic E-state index is 0.0445. The first-order valence-corrected chi connectivity index (χ1v) is 13.2. The second-order valence-electron chi connectivity index (χ2n) is 12.4. The van der Waals surface area contributed by atoms with E-state index < -0.39 is 0 Å². The van der Waals surface area contributed by atoms with Gasteiger partial charge in [-0.2, -0.15) is 0 Å². The number of hydrogen-bond acceptors (Lipinski definition) is 0. The molecule has 2 heteroatoms. The van der Waals surface area contributed by atoms with E-state index in [2.05, 4.69) is 123 Å². The highest BCUT2D eigenvalue weighted by Crippen LogP contribution is 2.42. The van der Waals surface area contributed by atoms with Gasteiger partial charge in [0.25, 0.3) is 0 Å². The monoisotopic (exact) mass is 447 g/mol. The van der Waals surface area contributed by atoms with Crippen LogP contribution >= 0.6 is 0 Å². The minimum atomic E-state index is 0.0445. The molecule has 33 heavy (non-hydrogen) atoms. The smallest absolute Gasteiger partial charge is 0.159 e. The van der Waals surface area contributed by atoms with Crippen molar-refractivity contribution in [1.29, 1.82) is 0 Å². The Morgan fingerprint density at radius 2 is 1.88 bits per heavy atom. The Labute approximate surface area is 206 Å². The molecule has 1 aliphatic rings. The zero-order valence-electron chi connectivity index (χ0n) is 23.3. The predicted octanol–water partition coefficient (Wildman–Crippen LogP) is 9.40. The van der Waals surface area contributed by atoms with Gasteiger partial charge in [-0.15, -0.1) is 6.58 Å². The summed E-state index contributed by atoms with van der Waals surface area (Å²) in [5.74, 6) is 1.37. The van der Waals surface area contributed by atoms with Crippen molar-refractivity contribution in [2.24, 2.45) is 11.3 Å². The molecule has 0 bridgehead atoms. The van der Waals surface area contributed by atoms with E-state index in [0.717, 1.165) is 6.42 Å². The molecule has 0 radical (unpaired) electrons. The quantitative estimate of drug-likeness (QED) is 0.249. The number of nitrogens with zero attached hydrogens (tertiary/aromatic N) is 1. The minimum Gasteiger partial charge on any atom is -0.346 e. The Morgan fingerprint density at radius 1 is 1.21 bits per heavy atom. The van der Waals surface area contributed by atoms with E-state index in [4.69, 9.17) is 0 Å². The van der Waals surface area contributed by atoms with Gasteiger partial charge in [0.2, 0.25) is 0 Å². The first-order chi connectivity index (χ1) is 15.3. The van der Waals surface area contributed by atoms with E-state index in [1.54, 1.807) is 0 Å². The fourth-order valence-electron chi connectivity index (χ4n) is 5.20. The summed E-state index contributed by atoms with van der Waals surface area (Å²) in [7, 11) is 0. The van der Waals surface area contributed by atoms with Gasteiger partial charge in [0, 0.05) is 17.4 Å². The third kappa shape index (κ3) is 6.90. The Balaban J connectivity index is 2.60. The molecule has 1 aromatic rings. The lowest BCUT2D eigenvalue weighted by molar-refractivity contribution is 0.377. The maximum atomic E-state index is 4.07. The molecular formula is C31H50BN. The van der Waals surface area contributed by atoms with Crippen LogP contribution in [0, 0.1) is 11.3 Å². The van der Waals surface area contributed by atoms with Crippen molar-refractivity contribution in [3.8, 4) is 0 Å². The van der Waals surface area contributed by atoms with Crippen molar-refractivity contribution in [3.63, 3.8) is 0 Å². The summed E-state index contributed by atoms with van der Waals surface area (Å²) in [6.07, 6.45) is 19.0. The van der Waals surface area contributed by atoms with Crippen molar-refractivity contribution in [2.45, 2.75) is 112 Å². The zero-order valence-corrected chi connectivity index (χ0v) is 23.3. The van der Waals surface area contributed by atoms with Gasteiger partial charge in [0.05, 0.1) is 0 Å². The van der Waals surface area contributed by atoms with Crippen LogP contribution in [0.5, 0.6) is 0 Å². The molecule has 2 rings (SSSR count). The highest BCUT2D eigenvalue weighted by atomic mass is 15.0. The Kier molecular flexibility index (Phi) is 9.31. The van der Waals surface area contributed by atoms with Crippen LogP contribution in [-0.2, 0) is 12.0 Å². The Bertz CT molecular complexity index is 881. The van der Waals surface area contributed by atoms with Crippen LogP contribution in [0.2, 0.25) is 12.6 Å². The van der Waals surface area contributed by atoms with Gasteiger partial charge in [0.1, 0.15) is 0 Å². The number of rotatable bonds is 10. The van der Waals surface area contributed by atoms with Gasteiger partial charge in [-0.1, -0.05) is 89.4 Å². The van der Waals surface area contributed by atoms with Gasteiger partial charge in [-0.3, -0.25) is 0 Å². The van der Waals surface area contributed by atoms with Crippen LogP contribution in [0.4, 0.5) is 0 Å².